The molecule has 0 bridgehead atoms. The van der Waals surface area contributed by atoms with Crippen LogP contribution in [0.25, 0.3) is 33.5 Å². The lowest BCUT2D eigenvalue weighted by molar-refractivity contribution is 0.502. The third-order valence-corrected chi connectivity index (χ3v) is 5.78. The molecule has 1 aromatic heterocycles. The maximum absolute atomic E-state index is 14.2. The Labute approximate surface area is 175 Å². The predicted octanol–water partition coefficient (Wildman–Crippen LogP) is 7.21. The molecule has 28 heavy (non-hydrogen) atoms. The molecule has 0 aliphatic heterocycles. The molecule has 0 aliphatic rings. The average molecular weight is 508 g/mol. The number of hydrogen-bond acceptors (Lipinski definition) is 2. The quantitative estimate of drug-likeness (QED) is 0.211. The van der Waals surface area contributed by atoms with Crippen LogP contribution in [0.4, 0.5) is 13.2 Å². The van der Waals surface area contributed by atoms with Crippen molar-refractivity contribution in [2.24, 2.45) is 0 Å². The molecule has 0 saturated heterocycles. The van der Waals surface area contributed by atoms with Crippen molar-refractivity contribution in [1.82, 2.24) is 9.97 Å². The van der Waals surface area contributed by atoms with Gasteiger partial charge in [0.1, 0.15) is 16.9 Å². The van der Waals surface area contributed by atoms with Crippen molar-refractivity contribution in [2.45, 2.75) is 6.92 Å². The van der Waals surface area contributed by atoms with E-state index in [4.69, 9.17) is 0 Å². The second kappa shape index (κ2) is 7.29. The molecule has 0 unspecified atom stereocenters. The monoisotopic (exact) mass is 506 g/mol. The summed E-state index contributed by atoms with van der Waals surface area (Å²) in [6.45, 7) is 1.96. The van der Waals surface area contributed by atoms with Crippen LogP contribution in [-0.4, -0.2) is 9.97 Å². The van der Waals surface area contributed by atoms with E-state index >= 15 is 0 Å². The number of halogens is 5. The van der Waals surface area contributed by atoms with Crippen LogP contribution in [0.15, 0.2) is 57.5 Å². The molecule has 4 aromatic rings. The highest BCUT2D eigenvalue weighted by molar-refractivity contribution is 9.11. The number of aryl methyl sites for hydroxylation is 1. The van der Waals surface area contributed by atoms with E-state index in [-0.39, 0.29) is 25.8 Å². The Morgan fingerprint density at radius 2 is 1.04 bits per heavy atom. The fraction of sp³-hybridized carbons (Fsp3) is 0.0476. The summed E-state index contributed by atoms with van der Waals surface area (Å²) in [6, 6.07) is 13.4. The predicted molar refractivity (Wildman–Crippen MR) is 110 cm³/mol. The molecule has 0 spiro atoms. The zero-order valence-corrected chi connectivity index (χ0v) is 17.6. The van der Waals surface area contributed by atoms with Gasteiger partial charge in [-0.15, -0.1) is 0 Å². The average Bonchev–Trinajstić information content (AvgIpc) is 2.71. The molecule has 2 nitrogen and oxygen atoms in total. The van der Waals surface area contributed by atoms with Gasteiger partial charge in [0, 0.05) is 11.1 Å². The van der Waals surface area contributed by atoms with Crippen LogP contribution in [0.5, 0.6) is 0 Å². The third-order valence-electron chi connectivity index (χ3n) is 4.33. The van der Waals surface area contributed by atoms with Crippen molar-refractivity contribution in [3.05, 3.63) is 80.5 Å². The topological polar surface area (TPSA) is 25.8 Å². The lowest BCUT2D eigenvalue weighted by atomic mass is 10.0. The first-order valence-corrected chi connectivity index (χ1v) is 9.82. The van der Waals surface area contributed by atoms with Gasteiger partial charge in [-0.1, -0.05) is 29.8 Å². The van der Waals surface area contributed by atoms with E-state index in [1.165, 1.54) is 12.1 Å². The van der Waals surface area contributed by atoms with Crippen molar-refractivity contribution in [2.75, 3.05) is 0 Å². The molecule has 0 radical (unpaired) electrons. The fourth-order valence-electron chi connectivity index (χ4n) is 2.86. The molecule has 0 N–H and O–H groups in total. The first-order valence-electron chi connectivity index (χ1n) is 8.23. The summed E-state index contributed by atoms with van der Waals surface area (Å²) < 4.78 is 41.6. The Kier molecular flexibility index (Phi) is 4.97. The minimum Gasteiger partial charge on any atom is -0.242 e. The molecule has 140 valence electrons. The third kappa shape index (κ3) is 3.22. The summed E-state index contributed by atoms with van der Waals surface area (Å²) >= 11 is 6.16. The van der Waals surface area contributed by atoms with Crippen molar-refractivity contribution >= 4 is 42.9 Å². The van der Waals surface area contributed by atoms with Crippen molar-refractivity contribution in [3.8, 4) is 22.5 Å². The number of benzene rings is 3. The van der Waals surface area contributed by atoms with Crippen LogP contribution in [0.1, 0.15) is 5.56 Å². The number of rotatable bonds is 2. The lowest BCUT2D eigenvalue weighted by Gasteiger charge is -2.13. The Balaban J connectivity index is 2.11. The molecule has 1 heterocycles. The summed E-state index contributed by atoms with van der Waals surface area (Å²) in [5.74, 6) is -2.48. The molecular formula is C21H11Br2F3N2. The summed E-state index contributed by atoms with van der Waals surface area (Å²) in [4.78, 5) is 9.16. The van der Waals surface area contributed by atoms with Gasteiger partial charge in [0.15, 0.2) is 11.6 Å². The summed E-state index contributed by atoms with van der Waals surface area (Å²) in [5, 5.41) is 0. The first-order chi connectivity index (χ1) is 13.4. The largest absolute Gasteiger partial charge is 0.242 e. The van der Waals surface area contributed by atoms with Crippen molar-refractivity contribution in [1.29, 1.82) is 0 Å². The molecular weight excluding hydrogens is 497 g/mol. The molecule has 0 amide bonds. The van der Waals surface area contributed by atoms with Crippen LogP contribution >= 0.6 is 31.9 Å². The van der Waals surface area contributed by atoms with Crippen LogP contribution in [-0.2, 0) is 0 Å². The maximum atomic E-state index is 14.2. The minimum absolute atomic E-state index is 0.102. The summed E-state index contributed by atoms with van der Waals surface area (Å²) in [6.07, 6.45) is 0. The molecule has 4 rings (SSSR count). The Bertz CT molecular complexity index is 1110. The van der Waals surface area contributed by atoms with E-state index in [0.717, 1.165) is 11.1 Å². The lowest BCUT2D eigenvalue weighted by Crippen LogP contribution is -2.00. The highest BCUT2D eigenvalue weighted by Crippen LogP contribution is 2.38. The summed E-state index contributed by atoms with van der Waals surface area (Å²) in [5.41, 5.74) is 3.71. The second-order valence-corrected chi connectivity index (χ2v) is 7.83. The standard InChI is InChI=1S/C21H11Br2F3N2/c1-10-2-4-11(5-3-10)18-19(12-6-8-13(24)9-7-12)28-21-15(23)17(26)16(25)14(22)20(21)27-18/h2-9H,1H3. The van der Waals surface area contributed by atoms with Crippen LogP contribution in [0.2, 0.25) is 0 Å². The molecule has 7 heteroatoms. The van der Waals surface area contributed by atoms with E-state index in [2.05, 4.69) is 41.8 Å². The Morgan fingerprint density at radius 1 is 0.643 bits per heavy atom. The molecule has 0 atom stereocenters. The van der Waals surface area contributed by atoms with Gasteiger partial charge in [-0.2, -0.15) is 0 Å². The van der Waals surface area contributed by atoms with Crippen molar-refractivity contribution in [3.63, 3.8) is 0 Å². The highest BCUT2D eigenvalue weighted by atomic mass is 79.9. The van der Waals surface area contributed by atoms with Gasteiger partial charge in [0.2, 0.25) is 0 Å². The zero-order chi connectivity index (χ0) is 20.0. The number of aromatic nitrogens is 2. The Morgan fingerprint density at radius 3 is 1.46 bits per heavy atom. The number of fused-ring (bicyclic) bond motifs is 1. The van der Waals surface area contributed by atoms with E-state index in [1.54, 1.807) is 12.1 Å². The zero-order valence-electron chi connectivity index (χ0n) is 14.4. The van der Waals surface area contributed by atoms with Crippen LogP contribution in [0.3, 0.4) is 0 Å². The van der Waals surface area contributed by atoms with Gasteiger partial charge < -0.3 is 0 Å². The highest BCUT2D eigenvalue weighted by Gasteiger charge is 2.22. The maximum Gasteiger partial charge on any atom is 0.176 e. The minimum atomic E-state index is -1.05. The second-order valence-electron chi connectivity index (χ2n) is 6.25. The molecule has 3 aromatic carbocycles. The fourth-order valence-corrected chi connectivity index (χ4v) is 3.76. The van der Waals surface area contributed by atoms with Crippen molar-refractivity contribution < 1.29 is 13.2 Å². The Hall–Kier alpha value is -2.25. The molecule has 0 fully saturated rings. The normalized spacial score (nSPS) is 11.2. The summed E-state index contributed by atoms with van der Waals surface area (Å²) in [7, 11) is 0. The van der Waals surface area contributed by atoms with Gasteiger partial charge in [-0.25, -0.2) is 23.1 Å². The molecule has 0 saturated carbocycles. The number of nitrogens with zero attached hydrogens (tertiary/aromatic N) is 2. The van der Waals surface area contributed by atoms with Gasteiger partial charge in [-0.05, 0) is 63.0 Å². The SMILES string of the molecule is Cc1ccc(-c2nc3c(Br)c(F)c(F)c(Br)c3nc2-c2ccc(F)cc2)cc1. The van der Waals surface area contributed by atoms with Crippen LogP contribution < -0.4 is 0 Å². The van der Waals surface area contributed by atoms with E-state index in [0.29, 0.717) is 17.0 Å². The van der Waals surface area contributed by atoms with E-state index in [9.17, 15) is 13.2 Å². The van der Waals surface area contributed by atoms with Gasteiger partial charge in [0.25, 0.3) is 0 Å². The van der Waals surface area contributed by atoms with Crippen LogP contribution in [0, 0.1) is 24.4 Å². The first kappa shape index (κ1) is 19.1. The van der Waals surface area contributed by atoms with Gasteiger partial charge in [0.05, 0.1) is 20.3 Å². The molecule has 0 aliphatic carbocycles. The van der Waals surface area contributed by atoms with Gasteiger partial charge >= 0.3 is 0 Å². The number of hydrogen-bond donors (Lipinski definition) is 0. The van der Waals surface area contributed by atoms with Gasteiger partial charge in [-0.3, -0.25) is 0 Å². The van der Waals surface area contributed by atoms with E-state index in [1.807, 2.05) is 31.2 Å². The smallest absolute Gasteiger partial charge is 0.176 e. The van der Waals surface area contributed by atoms with E-state index < -0.39 is 11.6 Å².